The van der Waals surface area contributed by atoms with E-state index in [0.29, 0.717) is 35.4 Å². The second-order valence-electron chi connectivity index (χ2n) is 9.16. The number of carbonyl (C=O) groups excluding carboxylic acids is 2. The molecule has 1 saturated carbocycles. The van der Waals surface area contributed by atoms with E-state index in [9.17, 15) is 9.59 Å². The fourth-order valence-electron chi connectivity index (χ4n) is 4.55. The summed E-state index contributed by atoms with van der Waals surface area (Å²) >= 11 is 0. The van der Waals surface area contributed by atoms with Crippen LogP contribution >= 0.6 is 0 Å². The number of amides is 3. The van der Waals surface area contributed by atoms with Crippen LogP contribution in [0.2, 0.25) is 0 Å². The standard InChI is InChI=1S/C23H34N4O3/c1-16-13-26(14-17(2)30-16)15-18-8-10-27(11-9-18)23(29)25-21-5-3-4-19(12-21)22(28)24-20-6-7-20/h3-5,12,16-18,20H,6-11,13-15H2,1-2H3,(H,24,28)(H,25,29). The quantitative estimate of drug-likeness (QED) is 0.777. The van der Waals surface area contributed by atoms with Gasteiger partial charge in [0.05, 0.1) is 12.2 Å². The van der Waals surface area contributed by atoms with Crippen molar-refractivity contribution in [2.45, 2.75) is 57.8 Å². The molecule has 30 heavy (non-hydrogen) atoms. The monoisotopic (exact) mass is 414 g/mol. The molecule has 0 spiro atoms. The smallest absolute Gasteiger partial charge is 0.321 e. The second-order valence-corrected chi connectivity index (χ2v) is 9.16. The fraction of sp³-hybridized carbons (Fsp3) is 0.652. The molecule has 2 atom stereocenters. The second kappa shape index (κ2) is 9.35. The van der Waals surface area contributed by atoms with Gasteiger partial charge in [0.15, 0.2) is 0 Å². The molecule has 3 fully saturated rings. The lowest BCUT2D eigenvalue weighted by Crippen LogP contribution is -2.49. The summed E-state index contributed by atoms with van der Waals surface area (Å²) in [5.74, 6) is 0.558. The number of rotatable bonds is 5. The number of benzene rings is 1. The molecule has 0 radical (unpaired) electrons. The summed E-state index contributed by atoms with van der Waals surface area (Å²) in [7, 11) is 0. The first-order chi connectivity index (χ1) is 14.5. The van der Waals surface area contributed by atoms with Crippen LogP contribution in [0.4, 0.5) is 10.5 Å². The van der Waals surface area contributed by atoms with Crippen molar-refractivity contribution in [1.29, 1.82) is 0 Å². The highest BCUT2D eigenvalue weighted by molar-refractivity contribution is 5.97. The highest BCUT2D eigenvalue weighted by Gasteiger charge is 2.28. The van der Waals surface area contributed by atoms with Gasteiger partial charge in [0.2, 0.25) is 0 Å². The number of hydrogen-bond donors (Lipinski definition) is 2. The molecule has 3 aliphatic rings. The third-order valence-electron chi connectivity index (χ3n) is 6.20. The van der Waals surface area contributed by atoms with Gasteiger partial charge in [-0.2, -0.15) is 0 Å². The molecule has 7 heteroatoms. The van der Waals surface area contributed by atoms with Gasteiger partial charge in [0, 0.05) is 50.0 Å². The van der Waals surface area contributed by atoms with Gasteiger partial charge in [0.25, 0.3) is 5.91 Å². The molecule has 2 heterocycles. The van der Waals surface area contributed by atoms with Crippen LogP contribution in [0.3, 0.4) is 0 Å². The zero-order valence-corrected chi connectivity index (χ0v) is 18.1. The maximum absolute atomic E-state index is 12.7. The minimum atomic E-state index is -0.0816. The van der Waals surface area contributed by atoms with Gasteiger partial charge in [-0.3, -0.25) is 9.69 Å². The number of urea groups is 1. The maximum Gasteiger partial charge on any atom is 0.321 e. The van der Waals surface area contributed by atoms with E-state index in [0.717, 1.165) is 58.4 Å². The summed E-state index contributed by atoms with van der Waals surface area (Å²) in [6.07, 6.45) is 4.75. The van der Waals surface area contributed by atoms with E-state index in [1.54, 1.807) is 12.1 Å². The van der Waals surface area contributed by atoms with E-state index < -0.39 is 0 Å². The Morgan fingerprint density at radius 1 is 1.07 bits per heavy atom. The topological polar surface area (TPSA) is 73.9 Å². The van der Waals surface area contributed by atoms with E-state index in [1.165, 1.54) is 0 Å². The van der Waals surface area contributed by atoms with Gasteiger partial charge in [-0.1, -0.05) is 6.07 Å². The molecule has 4 rings (SSSR count). The Hall–Kier alpha value is -2.12. The molecule has 0 bridgehead atoms. The summed E-state index contributed by atoms with van der Waals surface area (Å²) in [6, 6.07) is 7.42. The SMILES string of the molecule is CC1CN(CC2CCN(C(=O)Nc3cccc(C(=O)NC4CC4)c3)CC2)CC(C)O1. The molecule has 164 valence electrons. The first-order valence-electron chi connectivity index (χ1n) is 11.3. The van der Waals surface area contributed by atoms with Crippen LogP contribution in [-0.4, -0.2) is 72.7 Å². The van der Waals surface area contributed by atoms with Crippen molar-refractivity contribution in [2.24, 2.45) is 5.92 Å². The van der Waals surface area contributed by atoms with Crippen LogP contribution in [0.1, 0.15) is 49.9 Å². The molecule has 2 N–H and O–H groups in total. The Morgan fingerprint density at radius 3 is 2.43 bits per heavy atom. The lowest BCUT2D eigenvalue weighted by atomic mass is 9.96. The van der Waals surface area contributed by atoms with E-state index in [4.69, 9.17) is 4.74 Å². The minimum Gasteiger partial charge on any atom is -0.373 e. The summed E-state index contributed by atoms with van der Waals surface area (Å²) in [5.41, 5.74) is 1.26. The predicted molar refractivity (Wildman–Crippen MR) is 117 cm³/mol. The van der Waals surface area contributed by atoms with E-state index in [1.807, 2.05) is 17.0 Å². The van der Waals surface area contributed by atoms with Crippen molar-refractivity contribution in [3.05, 3.63) is 29.8 Å². The van der Waals surface area contributed by atoms with Gasteiger partial charge < -0.3 is 20.3 Å². The molecule has 0 aromatic heterocycles. The van der Waals surface area contributed by atoms with Gasteiger partial charge in [-0.05, 0) is 63.6 Å². The van der Waals surface area contributed by atoms with Gasteiger partial charge >= 0.3 is 6.03 Å². The Labute approximate surface area is 179 Å². The van der Waals surface area contributed by atoms with Crippen molar-refractivity contribution in [3.8, 4) is 0 Å². The van der Waals surface area contributed by atoms with Crippen molar-refractivity contribution < 1.29 is 14.3 Å². The molecular weight excluding hydrogens is 380 g/mol. The molecule has 1 aromatic carbocycles. The van der Waals surface area contributed by atoms with Crippen LogP contribution in [0, 0.1) is 5.92 Å². The number of morpholine rings is 1. The lowest BCUT2D eigenvalue weighted by molar-refractivity contribution is -0.0728. The van der Waals surface area contributed by atoms with Crippen LogP contribution in [-0.2, 0) is 4.74 Å². The molecule has 2 aliphatic heterocycles. The average Bonchev–Trinajstić information content (AvgIpc) is 3.52. The van der Waals surface area contributed by atoms with E-state index in [-0.39, 0.29) is 11.9 Å². The van der Waals surface area contributed by atoms with Crippen LogP contribution in [0.5, 0.6) is 0 Å². The molecule has 1 aromatic rings. The molecule has 7 nitrogen and oxygen atoms in total. The van der Waals surface area contributed by atoms with Crippen molar-refractivity contribution >= 4 is 17.6 Å². The highest BCUT2D eigenvalue weighted by atomic mass is 16.5. The van der Waals surface area contributed by atoms with E-state index >= 15 is 0 Å². The predicted octanol–water partition coefficient (Wildman–Crippen LogP) is 2.93. The van der Waals surface area contributed by atoms with Crippen molar-refractivity contribution in [1.82, 2.24) is 15.1 Å². The third kappa shape index (κ3) is 5.73. The Morgan fingerprint density at radius 2 is 1.77 bits per heavy atom. The fourth-order valence-corrected chi connectivity index (χ4v) is 4.55. The summed E-state index contributed by atoms with van der Waals surface area (Å²) in [4.78, 5) is 29.3. The van der Waals surface area contributed by atoms with Crippen molar-refractivity contribution in [3.63, 3.8) is 0 Å². The number of nitrogens with zero attached hydrogens (tertiary/aromatic N) is 2. The molecule has 1 aliphatic carbocycles. The molecule has 2 saturated heterocycles. The first-order valence-corrected chi connectivity index (χ1v) is 11.3. The highest BCUT2D eigenvalue weighted by Crippen LogP contribution is 2.22. The number of carbonyl (C=O) groups is 2. The zero-order valence-electron chi connectivity index (χ0n) is 18.1. The van der Waals surface area contributed by atoms with Gasteiger partial charge in [-0.15, -0.1) is 0 Å². The molecular formula is C23H34N4O3. The van der Waals surface area contributed by atoms with Gasteiger partial charge in [-0.25, -0.2) is 4.79 Å². The summed E-state index contributed by atoms with van der Waals surface area (Å²) in [5, 5.41) is 5.95. The summed E-state index contributed by atoms with van der Waals surface area (Å²) < 4.78 is 5.83. The van der Waals surface area contributed by atoms with Crippen LogP contribution < -0.4 is 10.6 Å². The van der Waals surface area contributed by atoms with Gasteiger partial charge in [0.1, 0.15) is 0 Å². The maximum atomic E-state index is 12.7. The lowest BCUT2D eigenvalue weighted by Gasteiger charge is -2.39. The first kappa shape index (κ1) is 21.1. The number of likely N-dealkylation sites (tertiary alicyclic amines) is 1. The minimum absolute atomic E-state index is 0.0684. The normalized spacial score (nSPS) is 25.7. The largest absolute Gasteiger partial charge is 0.373 e. The van der Waals surface area contributed by atoms with E-state index in [2.05, 4.69) is 29.4 Å². The summed E-state index contributed by atoms with van der Waals surface area (Å²) in [6.45, 7) is 8.90. The Bertz CT molecular complexity index is 749. The number of nitrogens with one attached hydrogen (secondary N) is 2. The van der Waals surface area contributed by atoms with Crippen LogP contribution in [0.25, 0.3) is 0 Å². The zero-order chi connectivity index (χ0) is 21.1. The van der Waals surface area contributed by atoms with Crippen LogP contribution in [0.15, 0.2) is 24.3 Å². The third-order valence-corrected chi connectivity index (χ3v) is 6.20. The Kier molecular flexibility index (Phi) is 6.58. The number of anilines is 1. The van der Waals surface area contributed by atoms with Crippen molar-refractivity contribution in [2.75, 3.05) is 38.0 Å². The molecule has 2 unspecified atom stereocenters. The average molecular weight is 415 g/mol. The number of hydrogen-bond acceptors (Lipinski definition) is 4. The number of piperidine rings is 1. The Balaban J connectivity index is 1.24. The molecule has 3 amide bonds. The number of ether oxygens (including phenoxy) is 1.